The summed E-state index contributed by atoms with van der Waals surface area (Å²) in [4.78, 5) is 4.54. The van der Waals surface area contributed by atoms with Crippen LogP contribution in [0.25, 0.3) is 11.6 Å². The van der Waals surface area contributed by atoms with Gasteiger partial charge in [0.1, 0.15) is 5.82 Å². The molecule has 1 nitrogen and oxygen atoms in total. The van der Waals surface area contributed by atoms with Crippen LogP contribution in [-0.4, -0.2) is 4.98 Å². The van der Waals surface area contributed by atoms with Crippen LogP contribution in [0, 0.1) is 5.82 Å². The van der Waals surface area contributed by atoms with Crippen molar-refractivity contribution in [3.63, 3.8) is 0 Å². The number of fused-ring (bicyclic) bond motifs is 2. The van der Waals surface area contributed by atoms with E-state index in [2.05, 4.69) is 29.3 Å². The molecule has 0 bridgehead atoms. The van der Waals surface area contributed by atoms with Gasteiger partial charge in [0.05, 0.1) is 0 Å². The van der Waals surface area contributed by atoms with E-state index in [0.717, 1.165) is 46.4 Å². The van der Waals surface area contributed by atoms with Gasteiger partial charge in [-0.15, -0.1) is 0 Å². The minimum Gasteiger partial charge on any atom is -0.261 e. The lowest BCUT2D eigenvalue weighted by Gasteiger charge is -2.11. The maximum absolute atomic E-state index is 13.7. The Morgan fingerprint density at radius 3 is 2.61 bits per heavy atom. The van der Waals surface area contributed by atoms with E-state index in [-0.39, 0.29) is 5.82 Å². The molecule has 0 amide bonds. The molecule has 0 spiro atoms. The van der Waals surface area contributed by atoms with Crippen LogP contribution in [0.3, 0.4) is 0 Å². The first-order valence-corrected chi connectivity index (χ1v) is 7.81. The lowest BCUT2D eigenvalue weighted by molar-refractivity contribution is 0.625. The molecule has 0 fully saturated rings. The highest BCUT2D eigenvalue weighted by Gasteiger charge is 2.19. The van der Waals surface area contributed by atoms with E-state index in [1.165, 1.54) is 0 Å². The van der Waals surface area contributed by atoms with Crippen molar-refractivity contribution < 1.29 is 4.39 Å². The summed E-state index contributed by atoms with van der Waals surface area (Å²) in [6.45, 7) is 0. The lowest BCUT2D eigenvalue weighted by Crippen LogP contribution is -1.95. The average Bonchev–Trinajstić information content (AvgIpc) is 2.73. The second-order valence-electron chi connectivity index (χ2n) is 5.77. The maximum Gasteiger partial charge on any atom is 0.123 e. The van der Waals surface area contributed by atoms with Crippen LogP contribution in [0.2, 0.25) is 0 Å². The van der Waals surface area contributed by atoms with Gasteiger partial charge < -0.3 is 0 Å². The van der Waals surface area contributed by atoms with E-state index in [4.69, 9.17) is 0 Å². The Balaban J connectivity index is 1.97. The van der Waals surface area contributed by atoms with Gasteiger partial charge in [-0.25, -0.2) is 4.39 Å². The van der Waals surface area contributed by atoms with Gasteiger partial charge in [0.2, 0.25) is 0 Å². The fourth-order valence-corrected chi connectivity index (χ4v) is 3.18. The van der Waals surface area contributed by atoms with E-state index >= 15 is 0 Å². The van der Waals surface area contributed by atoms with E-state index in [1.807, 2.05) is 36.5 Å². The third-order valence-corrected chi connectivity index (χ3v) is 4.28. The molecule has 2 aromatic carbocycles. The molecule has 0 radical (unpaired) electrons. The van der Waals surface area contributed by atoms with Gasteiger partial charge >= 0.3 is 0 Å². The highest BCUT2D eigenvalue weighted by molar-refractivity contribution is 5.93. The topological polar surface area (TPSA) is 12.9 Å². The number of rotatable bonds is 1. The first-order valence-electron chi connectivity index (χ1n) is 7.81. The Kier molecular flexibility index (Phi) is 3.51. The standard InChI is InChI=1S/C21H16FN/c22-17-9-10-18-16(14-17)8-11-21-19(7-4-12-23-21)20(18)13-15-5-2-1-3-6-15/h1-7,9-10,12-14H,8,11H2. The van der Waals surface area contributed by atoms with Gasteiger partial charge in [0.15, 0.2) is 0 Å². The van der Waals surface area contributed by atoms with Crippen LogP contribution in [0.15, 0.2) is 66.9 Å². The van der Waals surface area contributed by atoms with Crippen LogP contribution in [0.5, 0.6) is 0 Å². The van der Waals surface area contributed by atoms with Gasteiger partial charge in [-0.3, -0.25) is 4.98 Å². The molecule has 4 rings (SSSR count). The predicted octanol–water partition coefficient (Wildman–Crippen LogP) is 4.91. The molecule has 1 aromatic heterocycles. The van der Waals surface area contributed by atoms with Crippen LogP contribution in [0.4, 0.5) is 4.39 Å². The van der Waals surface area contributed by atoms with Crippen molar-refractivity contribution >= 4 is 11.6 Å². The predicted molar refractivity (Wildman–Crippen MR) is 91.5 cm³/mol. The van der Waals surface area contributed by atoms with Crippen LogP contribution in [0.1, 0.15) is 27.9 Å². The fourth-order valence-electron chi connectivity index (χ4n) is 3.18. The highest BCUT2D eigenvalue weighted by atomic mass is 19.1. The minimum atomic E-state index is -0.179. The second-order valence-corrected chi connectivity index (χ2v) is 5.77. The SMILES string of the molecule is Fc1ccc2c(c1)CCc1ncccc1C2=Cc1ccccc1. The number of nitrogens with zero attached hydrogens (tertiary/aromatic N) is 1. The van der Waals surface area contributed by atoms with Gasteiger partial charge in [-0.05, 0) is 59.4 Å². The Hall–Kier alpha value is -2.74. The zero-order valence-corrected chi connectivity index (χ0v) is 12.7. The molecule has 0 unspecified atom stereocenters. The molecule has 1 aliphatic rings. The second kappa shape index (κ2) is 5.81. The third kappa shape index (κ3) is 2.68. The van der Waals surface area contributed by atoms with E-state index < -0.39 is 0 Å². The molecular formula is C21H16FN. The summed E-state index contributed by atoms with van der Waals surface area (Å²) in [5, 5.41) is 0. The van der Waals surface area contributed by atoms with Crippen molar-refractivity contribution in [2.45, 2.75) is 12.8 Å². The van der Waals surface area contributed by atoms with Crippen LogP contribution in [-0.2, 0) is 12.8 Å². The number of hydrogen-bond donors (Lipinski definition) is 0. The molecule has 2 heteroatoms. The first-order chi connectivity index (χ1) is 11.3. The maximum atomic E-state index is 13.7. The number of aryl methyl sites for hydroxylation is 2. The van der Waals surface area contributed by atoms with Crippen LogP contribution >= 0.6 is 0 Å². The van der Waals surface area contributed by atoms with Gasteiger partial charge in [0.25, 0.3) is 0 Å². The number of aromatic nitrogens is 1. The summed E-state index contributed by atoms with van der Waals surface area (Å²) >= 11 is 0. The molecule has 0 saturated heterocycles. The van der Waals surface area contributed by atoms with Crippen molar-refractivity contribution in [3.8, 4) is 0 Å². The van der Waals surface area contributed by atoms with Crippen LogP contribution < -0.4 is 0 Å². The minimum absolute atomic E-state index is 0.179. The molecule has 0 N–H and O–H groups in total. The Morgan fingerprint density at radius 1 is 0.870 bits per heavy atom. The van der Waals surface area contributed by atoms with Crippen molar-refractivity contribution in [3.05, 3.63) is 101 Å². The molecule has 3 aromatic rings. The monoisotopic (exact) mass is 301 g/mol. The summed E-state index contributed by atoms with van der Waals surface area (Å²) in [5.74, 6) is -0.179. The van der Waals surface area contributed by atoms with E-state index in [1.54, 1.807) is 12.1 Å². The number of halogens is 1. The molecular weight excluding hydrogens is 285 g/mol. The quantitative estimate of drug-likeness (QED) is 0.622. The molecule has 0 saturated carbocycles. The third-order valence-electron chi connectivity index (χ3n) is 4.28. The highest BCUT2D eigenvalue weighted by Crippen LogP contribution is 2.34. The average molecular weight is 301 g/mol. The van der Waals surface area contributed by atoms with Crippen molar-refractivity contribution in [1.82, 2.24) is 4.98 Å². The lowest BCUT2D eigenvalue weighted by atomic mass is 9.93. The summed E-state index contributed by atoms with van der Waals surface area (Å²) in [6, 6.07) is 19.4. The Morgan fingerprint density at radius 2 is 1.74 bits per heavy atom. The molecule has 0 atom stereocenters. The summed E-state index contributed by atoms with van der Waals surface area (Å²) < 4.78 is 13.7. The molecule has 23 heavy (non-hydrogen) atoms. The van der Waals surface area contributed by atoms with E-state index in [0.29, 0.717) is 0 Å². The molecule has 1 heterocycles. The van der Waals surface area contributed by atoms with Crippen molar-refractivity contribution in [2.24, 2.45) is 0 Å². The van der Waals surface area contributed by atoms with Gasteiger partial charge in [-0.2, -0.15) is 0 Å². The molecule has 1 aliphatic carbocycles. The fraction of sp³-hybridized carbons (Fsp3) is 0.0952. The number of benzene rings is 2. The summed E-state index contributed by atoms with van der Waals surface area (Å²) in [7, 11) is 0. The van der Waals surface area contributed by atoms with E-state index in [9.17, 15) is 4.39 Å². The number of pyridine rings is 1. The Labute approximate surface area is 135 Å². The zero-order chi connectivity index (χ0) is 15.6. The largest absolute Gasteiger partial charge is 0.261 e. The van der Waals surface area contributed by atoms with Gasteiger partial charge in [-0.1, -0.05) is 42.5 Å². The smallest absolute Gasteiger partial charge is 0.123 e. The number of hydrogen-bond acceptors (Lipinski definition) is 1. The zero-order valence-electron chi connectivity index (χ0n) is 12.7. The first kappa shape index (κ1) is 13.9. The van der Waals surface area contributed by atoms with Crippen molar-refractivity contribution in [1.29, 1.82) is 0 Å². The Bertz CT molecular complexity index is 881. The summed E-state index contributed by atoms with van der Waals surface area (Å²) in [5.41, 5.74) is 6.61. The molecule has 112 valence electrons. The summed E-state index contributed by atoms with van der Waals surface area (Å²) in [6.07, 6.45) is 5.64. The normalized spacial score (nSPS) is 14.9. The molecule has 0 aliphatic heterocycles. The van der Waals surface area contributed by atoms with Gasteiger partial charge in [0, 0.05) is 17.5 Å². The van der Waals surface area contributed by atoms with Crippen molar-refractivity contribution in [2.75, 3.05) is 0 Å².